The van der Waals surface area contributed by atoms with Gasteiger partial charge in [-0.1, -0.05) is 0 Å². The number of aromatic nitrogens is 1. The van der Waals surface area contributed by atoms with Crippen LogP contribution in [0.3, 0.4) is 0 Å². The second kappa shape index (κ2) is 6.29. The normalized spacial score (nSPS) is 19.1. The molecule has 0 radical (unpaired) electrons. The number of anilines is 1. The standard InChI is InChI=1S/C13H21N3OS/c1-3-16(13-15-10(2)9-18-13)12(17)5-4-11-6-7-14-8-11/h9,11,14H,3-8H2,1-2H3. The second-order valence-electron chi connectivity index (χ2n) is 4.81. The first-order valence-corrected chi connectivity index (χ1v) is 7.52. The zero-order chi connectivity index (χ0) is 13.0. The first kappa shape index (κ1) is 13.5. The van der Waals surface area contributed by atoms with E-state index >= 15 is 0 Å². The van der Waals surface area contributed by atoms with Gasteiger partial charge in [0.2, 0.25) is 5.91 Å². The molecule has 0 bridgehead atoms. The number of nitrogens with zero attached hydrogens (tertiary/aromatic N) is 2. The van der Waals surface area contributed by atoms with Crippen molar-refractivity contribution in [1.29, 1.82) is 0 Å². The molecule has 2 rings (SSSR count). The number of thiazole rings is 1. The average Bonchev–Trinajstić information content (AvgIpc) is 2.99. The van der Waals surface area contributed by atoms with E-state index in [0.29, 0.717) is 18.9 Å². The van der Waals surface area contributed by atoms with Crippen molar-refractivity contribution in [2.75, 3.05) is 24.5 Å². The summed E-state index contributed by atoms with van der Waals surface area (Å²) in [6.07, 6.45) is 2.83. The van der Waals surface area contributed by atoms with Crippen molar-refractivity contribution >= 4 is 22.4 Å². The molecule has 5 heteroatoms. The fraction of sp³-hybridized carbons (Fsp3) is 0.692. The quantitative estimate of drug-likeness (QED) is 0.889. The van der Waals surface area contributed by atoms with E-state index in [1.165, 1.54) is 6.42 Å². The molecule has 1 aliphatic rings. The van der Waals surface area contributed by atoms with Gasteiger partial charge in [0.15, 0.2) is 5.13 Å². The smallest absolute Gasteiger partial charge is 0.228 e. The molecular formula is C13H21N3OS. The van der Waals surface area contributed by atoms with Gasteiger partial charge in [0.05, 0.1) is 5.69 Å². The number of carbonyl (C=O) groups is 1. The summed E-state index contributed by atoms with van der Waals surface area (Å²) in [6.45, 7) is 6.83. The SMILES string of the molecule is CCN(C(=O)CCC1CCNC1)c1nc(C)cs1. The number of carbonyl (C=O) groups excluding carboxylic acids is 1. The minimum atomic E-state index is 0.207. The Morgan fingerprint density at radius 3 is 3.06 bits per heavy atom. The molecule has 1 unspecified atom stereocenters. The summed E-state index contributed by atoms with van der Waals surface area (Å²) in [5.74, 6) is 0.879. The number of hydrogen-bond donors (Lipinski definition) is 1. The van der Waals surface area contributed by atoms with Crippen LogP contribution in [-0.4, -0.2) is 30.5 Å². The Kier molecular flexibility index (Phi) is 4.72. The van der Waals surface area contributed by atoms with Crippen molar-refractivity contribution in [3.63, 3.8) is 0 Å². The van der Waals surface area contributed by atoms with Gasteiger partial charge in [-0.25, -0.2) is 4.98 Å². The Morgan fingerprint density at radius 2 is 2.50 bits per heavy atom. The maximum Gasteiger partial charge on any atom is 0.228 e. The van der Waals surface area contributed by atoms with Crippen molar-refractivity contribution in [3.8, 4) is 0 Å². The van der Waals surface area contributed by atoms with E-state index in [-0.39, 0.29) is 5.91 Å². The molecule has 1 saturated heterocycles. The number of amides is 1. The number of hydrogen-bond acceptors (Lipinski definition) is 4. The van der Waals surface area contributed by atoms with E-state index in [2.05, 4.69) is 10.3 Å². The van der Waals surface area contributed by atoms with E-state index < -0.39 is 0 Å². The average molecular weight is 267 g/mol. The zero-order valence-electron chi connectivity index (χ0n) is 11.1. The van der Waals surface area contributed by atoms with Gasteiger partial charge in [0, 0.05) is 18.3 Å². The monoisotopic (exact) mass is 267 g/mol. The number of rotatable bonds is 5. The second-order valence-corrected chi connectivity index (χ2v) is 5.64. The van der Waals surface area contributed by atoms with Crippen LogP contribution in [0.15, 0.2) is 5.38 Å². The van der Waals surface area contributed by atoms with Gasteiger partial charge in [0.25, 0.3) is 0 Å². The van der Waals surface area contributed by atoms with Crippen LogP contribution in [0.5, 0.6) is 0 Å². The third-order valence-electron chi connectivity index (χ3n) is 3.38. The maximum absolute atomic E-state index is 12.2. The Morgan fingerprint density at radius 1 is 1.67 bits per heavy atom. The molecule has 1 aliphatic heterocycles. The predicted octanol–water partition coefficient (Wildman–Crippen LogP) is 2.19. The molecule has 4 nitrogen and oxygen atoms in total. The Hall–Kier alpha value is -0.940. The lowest BCUT2D eigenvalue weighted by Crippen LogP contribution is -2.30. The molecule has 1 aromatic rings. The lowest BCUT2D eigenvalue weighted by Gasteiger charge is -2.18. The molecule has 0 aliphatic carbocycles. The van der Waals surface area contributed by atoms with Crippen molar-refractivity contribution in [2.45, 2.75) is 33.1 Å². The molecule has 1 fully saturated rings. The third kappa shape index (κ3) is 3.29. The van der Waals surface area contributed by atoms with Gasteiger partial charge in [-0.2, -0.15) is 0 Å². The highest BCUT2D eigenvalue weighted by Crippen LogP contribution is 2.22. The van der Waals surface area contributed by atoms with Crippen LogP contribution in [0.4, 0.5) is 5.13 Å². The van der Waals surface area contributed by atoms with Gasteiger partial charge in [-0.15, -0.1) is 11.3 Å². The Balaban J connectivity index is 1.89. The van der Waals surface area contributed by atoms with Crippen LogP contribution in [0.1, 0.15) is 31.9 Å². The molecule has 1 N–H and O–H groups in total. The predicted molar refractivity (Wildman–Crippen MR) is 75.1 cm³/mol. The fourth-order valence-corrected chi connectivity index (χ4v) is 3.19. The molecular weight excluding hydrogens is 246 g/mol. The molecule has 0 aromatic carbocycles. The summed E-state index contributed by atoms with van der Waals surface area (Å²) in [7, 11) is 0. The van der Waals surface area contributed by atoms with Crippen molar-refractivity contribution in [2.24, 2.45) is 5.92 Å². The molecule has 0 saturated carbocycles. The molecule has 1 atom stereocenters. The van der Waals surface area contributed by atoms with Gasteiger partial charge >= 0.3 is 0 Å². The summed E-state index contributed by atoms with van der Waals surface area (Å²) in [4.78, 5) is 18.4. The minimum absolute atomic E-state index is 0.207. The zero-order valence-corrected chi connectivity index (χ0v) is 11.9. The van der Waals surface area contributed by atoms with Crippen LogP contribution >= 0.6 is 11.3 Å². The fourth-order valence-electron chi connectivity index (χ4n) is 2.31. The minimum Gasteiger partial charge on any atom is -0.316 e. The Labute approximate surface area is 112 Å². The van der Waals surface area contributed by atoms with Crippen LogP contribution in [0, 0.1) is 12.8 Å². The summed E-state index contributed by atoms with van der Waals surface area (Å²) in [5.41, 5.74) is 0.987. The molecule has 100 valence electrons. The first-order chi connectivity index (χ1) is 8.70. The van der Waals surface area contributed by atoms with Crippen LogP contribution in [0.2, 0.25) is 0 Å². The lowest BCUT2D eigenvalue weighted by molar-refractivity contribution is -0.118. The highest BCUT2D eigenvalue weighted by molar-refractivity contribution is 7.14. The van der Waals surface area contributed by atoms with Crippen molar-refractivity contribution in [3.05, 3.63) is 11.1 Å². The molecule has 2 heterocycles. The van der Waals surface area contributed by atoms with Gasteiger partial charge in [-0.3, -0.25) is 9.69 Å². The summed E-state index contributed by atoms with van der Waals surface area (Å²) < 4.78 is 0. The highest BCUT2D eigenvalue weighted by Gasteiger charge is 2.20. The van der Waals surface area contributed by atoms with E-state index in [9.17, 15) is 4.79 Å². The molecule has 1 aromatic heterocycles. The third-order valence-corrected chi connectivity index (χ3v) is 4.37. The molecule has 1 amide bonds. The largest absolute Gasteiger partial charge is 0.316 e. The summed E-state index contributed by atoms with van der Waals surface area (Å²) in [5, 5.41) is 6.17. The summed E-state index contributed by atoms with van der Waals surface area (Å²) in [6, 6.07) is 0. The van der Waals surface area contributed by atoms with E-state index in [1.54, 1.807) is 16.2 Å². The van der Waals surface area contributed by atoms with E-state index in [0.717, 1.165) is 30.3 Å². The maximum atomic E-state index is 12.2. The highest BCUT2D eigenvalue weighted by atomic mass is 32.1. The van der Waals surface area contributed by atoms with E-state index in [4.69, 9.17) is 0 Å². The molecule has 0 spiro atoms. The number of nitrogens with one attached hydrogen (secondary N) is 1. The molecule has 18 heavy (non-hydrogen) atoms. The van der Waals surface area contributed by atoms with Crippen LogP contribution < -0.4 is 10.2 Å². The van der Waals surface area contributed by atoms with Gasteiger partial charge in [0.1, 0.15) is 0 Å². The Bertz CT molecular complexity index is 399. The number of aryl methyl sites for hydroxylation is 1. The van der Waals surface area contributed by atoms with Gasteiger partial charge < -0.3 is 5.32 Å². The van der Waals surface area contributed by atoms with Crippen molar-refractivity contribution in [1.82, 2.24) is 10.3 Å². The summed E-state index contributed by atoms with van der Waals surface area (Å²) >= 11 is 1.55. The van der Waals surface area contributed by atoms with Gasteiger partial charge in [-0.05, 0) is 45.7 Å². The van der Waals surface area contributed by atoms with E-state index in [1.807, 2.05) is 19.2 Å². The van der Waals surface area contributed by atoms with Crippen LogP contribution in [0.25, 0.3) is 0 Å². The lowest BCUT2D eigenvalue weighted by atomic mass is 10.0. The first-order valence-electron chi connectivity index (χ1n) is 6.64. The van der Waals surface area contributed by atoms with Crippen LogP contribution in [-0.2, 0) is 4.79 Å². The van der Waals surface area contributed by atoms with Crippen molar-refractivity contribution < 1.29 is 4.79 Å². The topological polar surface area (TPSA) is 45.2 Å².